The molecule has 6 heteroatoms. The van der Waals surface area contributed by atoms with Crippen molar-refractivity contribution in [2.45, 2.75) is 6.61 Å². The molecular weight excluding hydrogens is 365 g/mol. The maximum atomic E-state index is 13.0. The van der Waals surface area contributed by atoms with Gasteiger partial charge in [0.05, 0.1) is 5.02 Å². The van der Waals surface area contributed by atoms with Crippen LogP contribution < -0.4 is 10.5 Å². The highest BCUT2D eigenvalue weighted by molar-refractivity contribution is 9.10. The second-order valence-electron chi connectivity index (χ2n) is 4.03. The lowest BCUT2D eigenvalue weighted by molar-refractivity contribution is 0.305. The summed E-state index contributed by atoms with van der Waals surface area (Å²) >= 11 is 14.2. The Hall–Kier alpha value is -1.17. The SMILES string of the molecule is NC(=S)c1ccc(OCc2ccc(F)cc2Br)c(Cl)c1. The van der Waals surface area contributed by atoms with E-state index in [-0.39, 0.29) is 17.4 Å². The van der Waals surface area contributed by atoms with E-state index in [2.05, 4.69) is 15.9 Å². The molecule has 0 atom stereocenters. The molecule has 0 aliphatic carbocycles. The van der Waals surface area contributed by atoms with Crippen molar-refractivity contribution < 1.29 is 9.13 Å². The molecule has 0 spiro atoms. The van der Waals surface area contributed by atoms with Crippen LogP contribution in [0, 0.1) is 5.82 Å². The first-order valence-corrected chi connectivity index (χ1v) is 7.21. The molecular formula is C14H10BrClFNOS. The van der Waals surface area contributed by atoms with E-state index in [1.165, 1.54) is 12.1 Å². The molecule has 104 valence electrons. The van der Waals surface area contributed by atoms with E-state index in [4.69, 9.17) is 34.3 Å². The van der Waals surface area contributed by atoms with Crippen LogP contribution in [0.25, 0.3) is 0 Å². The fourth-order valence-electron chi connectivity index (χ4n) is 1.57. The molecule has 0 bridgehead atoms. The molecule has 2 N–H and O–H groups in total. The Morgan fingerprint density at radius 2 is 2.05 bits per heavy atom. The average molecular weight is 375 g/mol. The van der Waals surface area contributed by atoms with E-state index in [1.54, 1.807) is 24.3 Å². The lowest BCUT2D eigenvalue weighted by Gasteiger charge is -2.10. The minimum absolute atomic E-state index is 0.271. The van der Waals surface area contributed by atoms with Crippen LogP contribution in [0.15, 0.2) is 40.9 Å². The van der Waals surface area contributed by atoms with Crippen molar-refractivity contribution in [3.8, 4) is 5.75 Å². The van der Waals surface area contributed by atoms with Crippen LogP contribution in [0.4, 0.5) is 4.39 Å². The summed E-state index contributed by atoms with van der Waals surface area (Å²) in [6, 6.07) is 9.50. The van der Waals surface area contributed by atoms with E-state index in [9.17, 15) is 4.39 Å². The monoisotopic (exact) mass is 373 g/mol. The van der Waals surface area contributed by atoms with Gasteiger partial charge in [0, 0.05) is 15.6 Å². The third-order valence-corrected chi connectivity index (χ3v) is 3.88. The zero-order valence-corrected chi connectivity index (χ0v) is 13.4. The molecule has 0 saturated heterocycles. The molecule has 2 aromatic carbocycles. The second kappa shape index (κ2) is 6.52. The zero-order chi connectivity index (χ0) is 14.7. The number of benzene rings is 2. The highest BCUT2D eigenvalue weighted by Crippen LogP contribution is 2.27. The van der Waals surface area contributed by atoms with Gasteiger partial charge in [-0.3, -0.25) is 0 Å². The summed E-state index contributed by atoms with van der Waals surface area (Å²) in [5, 5.41) is 0.425. The number of halogens is 3. The lowest BCUT2D eigenvalue weighted by Crippen LogP contribution is -2.09. The third kappa shape index (κ3) is 3.69. The molecule has 2 nitrogen and oxygen atoms in total. The number of thiocarbonyl (C=S) groups is 1. The Balaban J connectivity index is 2.13. The Bertz CT molecular complexity index is 666. The van der Waals surface area contributed by atoms with Gasteiger partial charge in [-0.1, -0.05) is 45.8 Å². The third-order valence-electron chi connectivity index (χ3n) is 2.61. The molecule has 0 radical (unpaired) electrons. The minimum atomic E-state index is -0.306. The quantitative estimate of drug-likeness (QED) is 0.803. The molecule has 2 aromatic rings. The highest BCUT2D eigenvalue weighted by Gasteiger charge is 2.07. The lowest BCUT2D eigenvalue weighted by atomic mass is 10.2. The topological polar surface area (TPSA) is 35.2 Å². The minimum Gasteiger partial charge on any atom is -0.487 e. The van der Waals surface area contributed by atoms with Crippen molar-refractivity contribution in [2.75, 3.05) is 0 Å². The summed E-state index contributed by atoms with van der Waals surface area (Å²) in [6.07, 6.45) is 0. The molecule has 0 saturated carbocycles. The molecule has 0 aromatic heterocycles. The van der Waals surface area contributed by atoms with E-state index >= 15 is 0 Å². The van der Waals surface area contributed by atoms with Gasteiger partial charge in [0.25, 0.3) is 0 Å². The van der Waals surface area contributed by atoms with Gasteiger partial charge in [0.15, 0.2) is 0 Å². The number of hydrogen-bond donors (Lipinski definition) is 1. The van der Waals surface area contributed by atoms with Gasteiger partial charge in [0.1, 0.15) is 23.2 Å². The van der Waals surface area contributed by atoms with Crippen LogP contribution >= 0.6 is 39.7 Å². The van der Waals surface area contributed by atoms with Gasteiger partial charge < -0.3 is 10.5 Å². The van der Waals surface area contributed by atoms with Gasteiger partial charge >= 0.3 is 0 Å². The molecule has 0 aliphatic heterocycles. The summed E-state index contributed by atoms with van der Waals surface area (Å²) < 4.78 is 19.2. The van der Waals surface area contributed by atoms with Crippen LogP contribution in [0.2, 0.25) is 5.02 Å². The summed E-state index contributed by atoms with van der Waals surface area (Å²) in [6.45, 7) is 0.271. The molecule has 20 heavy (non-hydrogen) atoms. The molecule has 0 aliphatic rings. The number of hydrogen-bond acceptors (Lipinski definition) is 2. The Kier molecular flexibility index (Phi) is 4.96. The molecule has 0 unspecified atom stereocenters. The maximum Gasteiger partial charge on any atom is 0.138 e. The van der Waals surface area contributed by atoms with Crippen molar-refractivity contribution in [3.63, 3.8) is 0 Å². The fourth-order valence-corrected chi connectivity index (χ4v) is 2.39. The average Bonchev–Trinajstić information content (AvgIpc) is 2.38. The van der Waals surface area contributed by atoms with E-state index in [1.807, 2.05) is 0 Å². The van der Waals surface area contributed by atoms with Crippen molar-refractivity contribution in [1.29, 1.82) is 0 Å². The van der Waals surface area contributed by atoms with Crippen LogP contribution in [-0.4, -0.2) is 4.99 Å². The predicted molar refractivity (Wildman–Crippen MR) is 85.8 cm³/mol. The van der Waals surface area contributed by atoms with E-state index in [0.717, 1.165) is 5.56 Å². The van der Waals surface area contributed by atoms with Gasteiger partial charge in [-0.25, -0.2) is 4.39 Å². The predicted octanol–water partition coefficient (Wildman–Crippen LogP) is 4.45. The summed E-state index contributed by atoms with van der Waals surface area (Å²) in [5.41, 5.74) is 7.02. The molecule has 0 amide bonds. The van der Waals surface area contributed by atoms with Crippen LogP contribution in [0.3, 0.4) is 0 Å². The van der Waals surface area contributed by atoms with Gasteiger partial charge in [-0.05, 0) is 30.3 Å². The maximum absolute atomic E-state index is 13.0. The number of ether oxygens (including phenoxy) is 1. The largest absolute Gasteiger partial charge is 0.487 e. The fraction of sp³-hybridized carbons (Fsp3) is 0.0714. The van der Waals surface area contributed by atoms with Crippen LogP contribution in [-0.2, 0) is 6.61 Å². The Labute approximate surface area is 134 Å². The van der Waals surface area contributed by atoms with Crippen LogP contribution in [0.5, 0.6) is 5.75 Å². The summed E-state index contributed by atoms with van der Waals surface area (Å²) in [7, 11) is 0. The van der Waals surface area contributed by atoms with Crippen molar-refractivity contribution in [1.82, 2.24) is 0 Å². The molecule has 2 rings (SSSR count). The van der Waals surface area contributed by atoms with E-state index in [0.29, 0.717) is 20.8 Å². The van der Waals surface area contributed by atoms with Gasteiger partial charge in [0.2, 0.25) is 0 Å². The number of nitrogens with two attached hydrogens (primary N) is 1. The Morgan fingerprint density at radius 3 is 2.65 bits per heavy atom. The number of rotatable bonds is 4. The molecule has 0 fully saturated rings. The smallest absolute Gasteiger partial charge is 0.138 e. The van der Waals surface area contributed by atoms with Crippen molar-refractivity contribution >= 4 is 44.7 Å². The van der Waals surface area contributed by atoms with Gasteiger partial charge in [-0.2, -0.15) is 0 Å². The zero-order valence-electron chi connectivity index (χ0n) is 10.2. The summed E-state index contributed by atoms with van der Waals surface area (Å²) in [4.78, 5) is 0.278. The second-order valence-corrected chi connectivity index (χ2v) is 5.74. The van der Waals surface area contributed by atoms with Crippen molar-refractivity contribution in [2.24, 2.45) is 5.73 Å². The van der Waals surface area contributed by atoms with E-state index < -0.39 is 0 Å². The normalized spacial score (nSPS) is 10.3. The van der Waals surface area contributed by atoms with Crippen LogP contribution in [0.1, 0.15) is 11.1 Å². The standard InChI is InChI=1S/C14H10BrClFNOS/c15-11-6-10(17)3-1-9(11)7-19-13-4-2-8(14(18)20)5-12(13)16/h1-6H,7H2,(H2,18,20). The first kappa shape index (κ1) is 15.2. The first-order valence-electron chi connectivity index (χ1n) is 5.63. The Morgan fingerprint density at radius 1 is 1.30 bits per heavy atom. The van der Waals surface area contributed by atoms with Gasteiger partial charge in [-0.15, -0.1) is 0 Å². The summed E-state index contributed by atoms with van der Waals surface area (Å²) in [5.74, 6) is 0.211. The van der Waals surface area contributed by atoms with Crippen molar-refractivity contribution in [3.05, 3.63) is 62.8 Å². The molecule has 0 heterocycles. The first-order chi connectivity index (χ1) is 9.47. The highest BCUT2D eigenvalue weighted by atomic mass is 79.9.